The van der Waals surface area contributed by atoms with Gasteiger partial charge in [0.2, 0.25) is 0 Å². The second-order valence-corrected chi connectivity index (χ2v) is 4.60. The number of hydrogen-bond acceptors (Lipinski definition) is 3. The molecule has 2 aromatic rings. The van der Waals surface area contributed by atoms with Gasteiger partial charge in [0.1, 0.15) is 0 Å². The molecule has 4 nitrogen and oxygen atoms in total. The number of rotatable bonds is 3. The van der Waals surface area contributed by atoms with Crippen LogP contribution >= 0.6 is 0 Å². The summed E-state index contributed by atoms with van der Waals surface area (Å²) in [7, 11) is 0. The maximum absolute atomic E-state index is 13.4. The van der Waals surface area contributed by atoms with Gasteiger partial charge in [0.15, 0.2) is 0 Å². The molecule has 1 atom stereocenters. The molecule has 0 fully saturated rings. The molecule has 0 saturated heterocycles. The van der Waals surface area contributed by atoms with Crippen LogP contribution in [0.2, 0.25) is 0 Å². The standard InChI is InChI=1S/C14H14F3NO3/c1-3-21-12(19)13(20,14(15,16)17)11-8(2)18-10-7-5-4-6-9(10)11/h4-7,18,20H,3H2,1-2H3. The van der Waals surface area contributed by atoms with Gasteiger partial charge in [0.05, 0.1) is 6.61 Å². The van der Waals surface area contributed by atoms with E-state index in [-0.39, 0.29) is 17.7 Å². The van der Waals surface area contributed by atoms with E-state index in [0.717, 1.165) is 0 Å². The first-order valence-electron chi connectivity index (χ1n) is 6.27. The molecule has 0 aliphatic rings. The van der Waals surface area contributed by atoms with Crippen molar-refractivity contribution in [2.75, 3.05) is 6.61 Å². The van der Waals surface area contributed by atoms with Crippen molar-refractivity contribution in [3.05, 3.63) is 35.5 Å². The van der Waals surface area contributed by atoms with Crippen molar-refractivity contribution in [2.24, 2.45) is 0 Å². The van der Waals surface area contributed by atoms with E-state index in [1.54, 1.807) is 12.1 Å². The van der Waals surface area contributed by atoms with Gasteiger partial charge in [-0.2, -0.15) is 13.2 Å². The van der Waals surface area contributed by atoms with Gasteiger partial charge in [0, 0.05) is 22.2 Å². The molecule has 0 radical (unpaired) electrons. The van der Waals surface area contributed by atoms with Crippen LogP contribution in [0.25, 0.3) is 10.9 Å². The Hall–Kier alpha value is -2.02. The summed E-state index contributed by atoms with van der Waals surface area (Å²) in [4.78, 5) is 14.5. The maximum Gasteiger partial charge on any atom is 0.432 e. The number of ether oxygens (including phenoxy) is 1. The summed E-state index contributed by atoms with van der Waals surface area (Å²) >= 11 is 0. The summed E-state index contributed by atoms with van der Waals surface area (Å²) in [5.74, 6) is -1.73. The molecule has 114 valence electrons. The third-order valence-electron chi connectivity index (χ3n) is 3.24. The lowest BCUT2D eigenvalue weighted by Crippen LogP contribution is -2.50. The lowest BCUT2D eigenvalue weighted by Gasteiger charge is -2.28. The van der Waals surface area contributed by atoms with Crippen LogP contribution in [0.3, 0.4) is 0 Å². The molecule has 1 aromatic heterocycles. The Bertz CT molecular complexity index is 678. The molecule has 2 N–H and O–H groups in total. The summed E-state index contributed by atoms with van der Waals surface area (Å²) in [6.07, 6.45) is -5.20. The van der Waals surface area contributed by atoms with Crippen molar-refractivity contribution < 1.29 is 27.8 Å². The summed E-state index contributed by atoms with van der Waals surface area (Å²) in [6, 6.07) is 6.14. The number of aliphatic hydroxyl groups is 1. The molecule has 2 rings (SSSR count). The summed E-state index contributed by atoms with van der Waals surface area (Å²) < 4.78 is 44.6. The van der Waals surface area contributed by atoms with E-state index >= 15 is 0 Å². The first kappa shape index (κ1) is 15.4. The van der Waals surface area contributed by atoms with Crippen molar-refractivity contribution in [3.63, 3.8) is 0 Å². The van der Waals surface area contributed by atoms with Crippen LogP contribution in [-0.4, -0.2) is 28.8 Å². The molecule has 0 aliphatic carbocycles. The molecule has 0 amide bonds. The Morgan fingerprint density at radius 2 is 1.95 bits per heavy atom. The van der Waals surface area contributed by atoms with Crippen molar-refractivity contribution >= 4 is 16.9 Å². The molecule has 0 spiro atoms. The third-order valence-corrected chi connectivity index (χ3v) is 3.24. The Morgan fingerprint density at radius 3 is 2.52 bits per heavy atom. The molecule has 7 heteroatoms. The van der Waals surface area contributed by atoms with Crippen LogP contribution in [0.1, 0.15) is 18.2 Å². The van der Waals surface area contributed by atoms with Crippen molar-refractivity contribution in [1.82, 2.24) is 4.98 Å². The minimum atomic E-state index is -5.20. The zero-order chi connectivity index (χ0) is 15.8. The molecule has 0 saturated carbocycles. The van der Waals surface area contributed by atoms with E-state index in [1.807, 2.05) is 0 Å². The number of fused-ring (bicyclic) bond motifs is 1. The second kappa shape index (κ2) is 5.07. The van der Waals surface area contributed by atoms with E-state index in [4.69, 9.17) is 0 Å². The molecule has 0 bridgehead atoms. The van der Waals surface area contributed by atoms with E-state index in [1.165, 1.54) is 26.0 Å². The zero-order valence-corrected chi connectivity index (χ0v) is 11.4. The highest BCUT2D eigenvalue weighted by molar-refractivity contribution is 5.93. The average Bonchev–Trinajstić information content (AvgIpc) is 2.72. The lowest BCUT2D eigenvalue weighted by atomic mass is 9.90. The number of aromatic nitrogens is 1. The fourth-order valence-electron chi connectivity index (χ4n) is 2.34. The minimum Gasteiger partial charge on any atom is -0.463 e. The molecule has 0 aliphatic heterocycles. The number of hydrogen-bond donors (Lipinski definition) is 2. The van der Waals surface area contributed by atoms with E-state index in [2.05, 4.69) is 9.72 Å². The largest absolute Gasteiger partial charge is 0.463 e. The van der Waals surface area contributed by atoms with Crippen LogP contribution in [0.4, 0.5) is 13.2 Å². The minimum absolute atomic E-state index is 0.0593. The fraction of sp³-hybridized carbons (Fsp3) is 0.357. The van der Waals surface area contributed by atoms with Crippen molar-refractivity contribution in [2.45, 2.75) is 25.6 Å². The van der Waals surface area contributed by atoms with Crippen molar-refractivity contribution in [3.8, 4) is 0 Å². The van der Waals surface area contributed by atoms with Crippen LogP contribution in [-0.2, 0) is 15.1 Å². The van der Waals surface area contributed by atoms with E-state index in [9.17, 15) is 23.1 Å². The van der Waals surface area contributed by atoms with Gasteiger partial charge in [-0.3, -0.25) is 0 Å². The number of benzene rings is 1. The van der Waals surface area contributed by atoms with Crippen LogP contribution in [0.15, 0.2) is 24.3 Å². The number of esters is 1. The number of para-hydroxylation sites is 1. The van der Waals surface area contributed by atoms with Gasteiger partial charge >= 0.3 is 12.1 Å². The monoisotopic (exact) mass is 301 g/mol. The van der Waals surface area contributed by atoms with Crippen LogP contribution < -0.4 is 0 Å². The molecular weight excluding hydrogens is 287 g/mol. The van der Waals surface area contributed by atoms with Gasteiger partial charge in [-0.05, 0) is 19.9 Å². The average molecular weight is 301 g/mol. The van der Waals surface area contributed by atoms with Crippen LogP contribution in [0, 0.1) is 6.92 Å². The normalized spacial score (nSPS) is 15.0. The molecule has 1 heterocycles. The number of aromatic amines is 1. The van der Waals surface area contributed by atoms with Gasteiger partial charge in [-0.1, -0.05) is 18.2 Å². The maximum atomic E-state index is 13.4. The van der Waals surface area contributed by atoms with E-state index in [0.29, 0.717) is 5.52 Å². The Morgan fingerprint density at radius 1 is 1.33 bits per heavy atom. The number of H-pyrrole nitrogens is 1. The summed E-state index contributed by atoms with van der Waals surface area (Å²) in [6.45, 7) is 2.47. The highest BCUT2D eigenvalue weighted by Gasteiger charge is 2.63. The fourth-order valence-corrected chi connectivity index (χ4v) is 2.34. The van der Waals surface area contributed by atoms with Gasteiger partial charge in [-0.25, -0.2) is 4.79 Å². The number of halogens is 3. The third kappa shape index (κ3) is 2.27. The van der Waals surface area contributed by atoms with Gasteiger partial charge < -0.3 is 14.8 Å². The Balaban J connectivity index is 2.76. The Kier molecular flexibility index (Phi) is 3.71. The highest BCUT2D eigenvalue weighted by Crippen LogP contribution is 2.44. The summed E-state index contributed by atoms with van der Waals surface area (Å²) in [5, 5.41) is 10.3. The number of nitrogens with one attached hydrogen (secondary N) is 1. The molecular formula is C14H14F3NO3. The Labute approximate surface area is 118 Å². The smallest absolute Gasteiger partial charge is 0.432 e. The first-order valence-corrected chi connectivity index (χ1v) is 6.27. The molecule has 1 aromatic carbocycles. The number of carbonyl (C=O) groups is 1. The number of aryl methyl sites for hydroxylation is 1. The SMILES string of the molecule is CCOC(=O)C(O)(c1c(C)[nH]c2ccccc12)C(F)(F)F. The topological polar surface area (TPSA) is 62.3 Å². The van der Waals surface area contributed by atoms with E-state index < -0.39 is 23.3 Å². The summed E-state index contributed by atoms with van der Waals surface area (Å²) in [5.41, 5.74) is -3.77. The molecule has 21 heavy (non-hydrogen) atoms. The predicted molar refractivity (Wildman–Crippen MR) is 69.6 cm³/mol. The van der Waals surface area contributed by atoms with Crippen LogP contribution in [0.5, 0.6) is 0 Å². The van der Waals surface area contributed by atoms with Gasteiger partial charge in [-0.15, -0.1) is 0 Å². The second-order valence-electron chi connectivity index (χ2n) is 4.60. The lowest BCUT2D eigenvalue weighted by molar-refractivity contribution is -0.267. The zero-order valence-electron chi connectivity index (χ0n) is 11.4. The number of alkyl halides is 3. The highest BCUT2D eigenvalue weighted by atomic mass is 19.4. The number of carbonyl (C=O) groups excluding carboxylic acids is 1. The van der Waals surface area contributed by atoms with Gasteiger partial charge in [0.25, 0.3) is 5.60 Å². The molecule has 1 unspecified atom stereocenters. The quantitative estimate of drug-likeness (QED) is 0.857. The predicted octanol–water partition coefficient (Wildman–Crippen LogP) is 2.79. The van der Waals surface area contributed by atoms with Crippen molar-refractivity contribution in [1.29, 1.82) is 0 Å². The first-order chi connectivity index (χ1) is 9.73.